The largest absolute Gasteiger partial charge is 0.497 e. The summed E-state index contributed by atoms with van der Waals surface area (Å²) in [6, 6.07) is 5.95. The number of benzene rings is 1. The van der Waals surface area contributed by atoms with Crippen molar-refractivity contribution in [2.24, 2.45) is 0 Å². The van der Waals surface area contributed by atoms with Crippen LogP contribution in [-0.4, -0.2) is 25.4 Å². The summed E-state index contributed by atoms with van der Waals surface area (Å²) in [6.45, 7) is 10.3. The van der Waals surface area contributed by atoms with E-state index in [2.05, 4.69) is 27.7 Å². The Balaban J connectivity index is 2.30. The molecule has 1 aromatic rings. The lowest BCUT2D eigenvalue weighted by atomic mass is 9.76. The number of hydrogen-bond donors (Lipinski definition) is 0. The Morgan fingerprint density at radius 3 is 2.06 bits per heavy atom. The minimum absolute atomic E-state index is 0.302. The molecule has 0 amide bonds. The maximum atomic E-state index is 6.04. The van der Waals surface area contributed by atoms with Crippen molar-refractivity contribution in [2.75, 3.05) is 7.11 Å². The summed E-state index contributed by atoms with van der Waals surface area (Å²) in [6.07, 6.45) is 0. The molecule has 3 nitrogen and oxygen atoms in total. The van der Waals surface area contributed by atoms with E-state index in [0.717, 1.165) is 16.8 Å². The summed E-state index contributed by atoms with van der Waals surface area (Å²) in [4.78, 5) is 0. The van der Waals surface area contributed by atoms with E-state index < -0.39 is 0 Å². The lowest BCUT2D eigenvalue weighted by Crippen LogP contribution is -2.41. The van der Waals surface area contributed by atoms with Gasteiger partial charge in [0, 0.05) is 0 Å². The van der Waals surface area contributed by atoms with Gasteiger partial charge in [-0.25, -0.2) is 0 Å². The van der Waals surface area contributed by atoms with Gasteiger partial charge in [-0.05, 0) is 57.8 Å². The third-order valence-electron chi connectivity index (χ3n) is 3.98. The van der Waals surface area contributed by atoms with Gasteiger partial charge in [-0.15, -0.1) is 0 Å². The molecule has 1 aromatic carbocycles. The minimum atomic E-state index is -0.305. The molecule has 1 heterocycles. The van der Waals surface area contributed by atoms with E-state index in [1.807, 2.05) is 25.1 Å². The average molecular weight is 248 g/mol. The summed E-state index contributed by atoms with van der Waals surface area (Å²) in [5, 5.41) is 0. The molecule has 98 valence electrons. The molecule has 0 radical (unpaired) electrons. The normalized spacial score (nSPS) is 21.1. The van der Waals surface area contributed by atoms with Gasteiger partial charge in [0.2, 0.25) is 0 Å². The van der Waals surface area contributed by atoms with Crippen LogP contribution < -0.4 is 10.2 Å². The predicted molar refractivity (Wildman–Crippen MR) is 73.4 cm³/mol. The smallest absolute Gasteiger partial charge is 0.495 e. The Labute approximate surface area is 110 Å². The van der Waals surface area contributed by atoms with Crippen LogP contribution in [0.5, 0.6) is 5.75 Å². The van der Waals surface area contributed by atoms with Gasteiger partial charge in [0.15, 0.2) is 0 Å². The van der Waals surface area contributed by atoms with Gasteiger partial charge in [-0.1, -0.05) is 6.07 Å². The van der Waals surface area contributed by atoms with Crippen LogP contribution in [0, 0.1) is 6.92 Å². The third kappa shape index (κ3) is 2.15. The highest BCUT2D eigenvalue weighted by Gasteiger charge is 2.51. The highest BCUT2D eigenvalue weighted by molar-refractivity contribution is 6.62. The lowest BCUT2D eigenvalue weighted by Gasteiger charge is -2.32. The summed E-state index contributed by atoms with van der Waals surface area (Å²) >= 11 is 0. The fourth-order valence-corrected chi connectivity index (χ4v) is 2.01. The van der Waals surface area contributed by atoms with Crippen molar-refractivity contribution in [2.45, 2.75) is 45.8 Å². The van der Waals surface area contributed by atoms with E-state index in [9.17, 15) is 0 Å². The van der Waals surface area contributed by atoms with Crippen molar-refractivity contribution in [3.05, 3.63) is 23.8 Å². The van der Waals surface area contributed by atoms with E-state index in [1.54, 1.807) is 7.11 Å². The second-order valence-corrected chi connectivity index (χ2v) is 5.81. The van der Waals surface area contributed by atoms with E-state index in [1.165, 1.54) is 0 Å². The maximum absolute atomic E-state index is 6.04. The van der Waals surface area contributed by atoms with Gasteiger partial charge in [0.05, 0.1) is 18.3 Å². The monoisotopic (exact) mass is 248 g/mol. The fourth-order valence-electron chi connectivity index (χ4n) is 2.01. The van der Waals surface area contributed by atoms with Crippen molar-refractivity contribution in [1.29, 1.82) is 0 Å². The van der Waals surface area contributed by atoms with Crippen molar-refractivity contribution >= 4 is 12.6 Å². The van der Waals surface area contributed by atoms with Crippen LogP contribution in [0.2, 0.25) is 0 Å². The number of aryl methyl sites for hydroxylation is 1. The van der Waals surface area contributed by atoms with Gasteiger partial charge in [-0.3, -0.25) is 0 Å². The van der Waals surface area contributed by atoms with E-state index in [4.69, 9.17) is 14.0 Å². The molecule has 0 bridgehead atoms. The van der Waals surface area contributed by atoms with Crippen molar-refractivity contribution in [1.82, 2.24) is 0 Å². The second kappa shape index (κ2) is 4.28. The summed E-state index contributed by atoms with van der Waals surface area (Å²) < 4.78 is 17.3. The number of rotatable bonds is 2. The van der Waals surface area contributed by atoms with Crippen LogP contribution in [-0.2, 0) is 9.31 Å². The molecule has 1 fully saturated rings. The second-order valence-electron chi connectivity index (χ2n) is 5.81. The zero-order valence-corrected chi connectivity index (χ0v) is 12.0. The van der Waals surface area contributed by atoms with Crippen molar-refractivity contribution in [3.8, 4) is 5.75 Å². The number of ether oxygens (including phenoxy) is 1. The molecule has 0 atom stereocenters. The average Bonchev–Trinajstić information content (AvgIpc) is 2.47. The quantitative estimate of drug-likeness (QED) is 0.751. The standard InChI is InChI=1S/C14H21BO3/c1-10-9-11(16-6)7-8-12(10)15-17-13(2,3)14(4,5)18-15/h7-9H,1-6H3. The zero-order valence-electron chi connectivity index (χ0n) is 12.0. The Kier molecular flexibility index (Phi) is 3.20. The molecule has 1 aliphatic heterocycles. The first-order valence-corrected chi connectivity index (χ1v) is 6.27. The first kappa shape index (κ1) is 13.4. The molecule has 0 aromatic heterocycles. The Bertz CT molecular complexity index is 438. The molecule has 1 saturated heterocycles. The Morgan fingerprint density at radius 2 is 1.61 bits per heavy atom. The molecule has 0 spiro atoms. The van der Waals surface area contributed by atoms with Crippen LogP contribution in [0.4, 0.5) is 0 Å². The molecular formula is C14H21BO3. The summed E-state index contributed by atoms with van der Waals surface area (Å²) in [7, 11) is 1.37. The highest BCUT2D eigenvalue weighted by atomic mass is 16.7. The first-order chi connectivity index (χ1) is 8.27. The molecule has 0 saturated carbocycles. The van der Waals surface area contributed by atoms with Crippen LogP contribution in [0.25, 0.3) is 0 Å². The van der Waals surface area contributed by atoms with Gasteiger partial charge < -0.3 is 14.0 Å². The first-order valence-electron chi connectivity index (χ1n) is 6.27. The summed E-state index contributed by atoms with van der Waals surface area (Å²) in [5.41, 5.74) is 1.58. The molecule has 0 unspecified atom stereocenters. The molecule has 2 rings (SSSR count). The van der Waals surface area contributed by atoms with Crippen LogP contribution in [0.15, 0.2) is 18.2 Å². The maximum Gasteiger partial charge on any atom is 0.495 e. The van der Waals surface area contributed by atoms with Gasteiger partial charge >= 0.3 is 7.12 Å². The van der Waals surface area contributed by atoms with Gasteiger partial charge in [0.1, 0.15) is 5.75 Å². The number of hydrogen-bond acceptors (Lipinski definition) is 3. The number of methoxy groups -OCH3 is 1. The Hall–Kier alpha value is -0.995. The minimum Gasteiger partial charge on any atom is -0.497 e. The van der Waals surface area contributed by atoms with E-state index in [-0.39, 0.29) is 18.3 Å². The fraction of sp³-hybridized carbons (Fsp3) is 0.571. The van der Waals surface area contributed by atoms with Crippen LogP contribution in [0.1, 0.15) is 33.3 Å². The van der Waals surface area contributed by atoms with Gasteiger partial charge in [-0.2, -0.15) is 0 Å². The van der Waals surface area contributed by atoms with E-state index in [0.29, 0.717) is 0 Å². The lowest BCUT2D eigenvalue weighted by molar-refractivity contribution is 0.00578. The SMILES string of the molecule is COc1ccc(B2OC(C)(C)C(C)(C)O2)c(C)c1. The zero-order chi connectivity index (χ0) is 13.6. The van der Waals surface area contributed by atoms with Crippen LogP contribution in [0.3, 0.4) is 0 Å². The van der Waals surface area contributed by atoms with E-state index >= 15 is 0 Å². The van der Waals surface area contributed by atoms with Crippen molar-refractivity contribution < 1.29 is 14.0 Å². The Morgan fingerprint density at radius 1 is 1.06 bits per heavy atom. The molecule has 4 heteroatoms. The molecule has 1 aliphatic rings. The summed E-state index contributed by atoms with van der Waals surface area (Å²) in [5.74, 6) is 0.854. The highest BCUT2D eigenvalue weighted by Crippen LogP contribution is 2.36. The third-order valence-corrected chi connectivity index (χ3v) is 3.98. The van der Waals surface area contributed by atoms with Crippen molar-refractivity contribution in [3.63, 3.8) is 0 Å². The molecule has 0 N–H and O–H groups in total. The molecular weight excluding hydrogens is 227 g/mol. The topological polar surface area (TPSA) is 27.7 Å². The molecule has 0 aliphatic carbocycles. The molecule has 18 heavy (non-hydrogen) atoms. The van der Waals surface area contributed by atoms with Gasteiger partial charge in [0.25, 0.3) is 0 Å². The predicted octanol–water partition coefficient (Wildman–Crippen LogP) is 2.30. The van der Waals surface area contributed by atoms with Crippen LogP contribution >= 0.6 is 0 Å².